The van der Waals surface area contributed by atoms with E-state index in [1.807, 2.05) is 0 Å². The minimum Gasteiger partial charge on any atom is -0.389 e. The van der Waals surface area contributed by atoms with Crippen LogP contribution in [-0.2, 0) is 17.5 Å². The first-order chi connectivity index (χ1) is 16.6. The normalized spacial score (nSPS) is 24.0. The number of benzene rings is 1. The van der Waals surface area contributed by atoms with E-state index >= 15 is 0 Å². The van der Waals surface area contributed by atoms with E-state index in [-0.39, 0.29) is 41.7 Å². The number of aromatic nitrogens is 2. The maximum absolute atomic E-state index is 13.3. The Hall–Kier alpha value is -2.95. The maximum Gasteiger partial charge on any atom is 0.471 e. The van der Waals surface area contributed by atoms with Gasteiger partial charge in [0.2, 0.25) is 11.7 Å². The van der Waals surface area contributed by atoms with Gasteiger partial charge >= 0.3 is 12.1 Å². The molecule has 2 heterocycles. The van der Waals surface area contributed by atoms with Crippen LogP contribution < -0.4 is 5.32 Å². The van der Waals surface area contributed by atoms with Gasteiger partial charge in [-0.25, -0.2) is 0 Å². The van der Waals surface area contributed by atoms with E-state index in [4.69, 9.17) is 0 Å². The summed E-state index contributed by atoms with van der Waals surface area (Å²) in [6.07, 6.45) is 1.74. The number of rotatable bonds is 5. The van der Waals surface area contributed by atoms with E-state index in [1.54, 1.807) is 17.0 Å². The molecule has 188 valence electrons. The topological polar surface area (TPSA) is 109 Å². The number of aliphatic hydroxyl groups is 1. The van der Waals surface area contributed by atoms with Crippen LogP contribution in [0.1, 0.15) is 79.6 Å². The fourth-order valence-corrected chi connectivity index (χ4v) is 5.61. The predicted octanol–water partition coefficient (Wildman–Crippen LogP) is 3.83. The van der Waals surface area contributed by atoms with Crippen LogP contribution in [0.4, 0.5) is 13.2 Å². The van der Waals surface area contributed by atoms with Crippen molar-refractivity contribution in [2.75, 3.05) is 0 Å². The Kier molecular flexibility index (Phi) is 6.06. The standard InChI is InChI=1S/C24H27F3N4O4/c25-24(26,27)22-29-20(30-35-22)14-7-8-15-13-31(21(33)16(15)11-14)18-6-2-1-5-17(18)28-19(32)12-23(34)9-3-4-10-23/h7-8,11,17-18,34H,1-6,9-10,12-13H2,(H,28,32)/t17-,18-/m1/s1. The zero-order chi connectivity index (χ0) is 24.8. The summed E-state index contributed by atoms with van der Waals surface area (Å²) in [5, 5.41) is 17.1. The zero-order valence-electron chi connectivity index (χ0n) is 19.1. The van der Waals surface area contributed by atoms with Gasteiger partial charge in [-0.3, -0.25) is 9.59 Å². The number of alkyl halides is 3. The molecule has 35 heavy (non-hydrogen) atoms. The van der Waals surface area contributed by atoms with Gasteiger partial charge in [-0.05, 0) is 37.3 Å². The second-order valence-corrected chi connectivity index (χ2v) is 9.86. The van der Waals surface area contributed by atoms with Gasteiger partial charge in [-0.15, -0.1) is 0 Å². The molecule has 3 aliphatic rings. The zero-order valence-corrected chi connectivity index (χ0v) is 19.1. The van der Waals surface area contributed by atoms with E-state index < -0.39 is 17.7 Å². The first kappa shape index (κ1) is 23.8. The predicted molar refractivity (Wildman–Crippen MR) is 117 cm³/mol. The molecule has 1 aromatic heterocycles. The van der Waals surface area contributed by atoms with Crippen LogP contribution in [0.2, 0.25) is 0 Å². The van der Waals surface area contributed by atoms with E-state index in [9.17, 15) is 27.9 Å². The summed E-state index contributed by atoms with van der Waals surface area (Å²) in [5.74, 6) is -2.11. The summed E-state index contributed by atoms with van der Waals surface area (Å²) in [6.45, 7) is 0.357. The first-order valence-corrected chi connectivity index (χ1v) is 12.0. The number of amides is 2. The van der Waals surface area contributed by atoms with Crippen molar-refractivity contribution in [3.05, 3.63) is 35.2 Å². The quantitative estimate of drug-likeness (QED) is 0.657. The summed E-state index contributed by atoms with van der Waals surface area (Å²) in [7, 11) is 0. The summed E-state index contributed by atoms with van der Waals surface area (Å²) in [4.78, 5) is 31.2. The van der Waals surface area contributed by atoms with Crippen molar-refractivity contribution in [1.82, 2.24) is 20.4 Å². The van der Waals surface area contributed by atoms with Crippen molar-refractivity contribution in [2.24, 2.45) is 0 Å². The summed E-state index contributed by atoms with van der Waals surface area (Å²) in [6, 6.07) is 4.34. The van der Waals surface area contributed by atoms with Crippen LogP contribution in [0.15, 0.2) is 22.7 Å². The molecule has 1 aromatic carbocycles. The molecule has 2 atom stereocenters. The third-order valence-electron chi connectivity index (χ3n) is 7.37. The molecule has 2 amide bonds. The lowest BCUT2D eigenvalue weighted by Gasteiger charge is -2.38. The molecule has 1 aliphatic heterocycles. The van der Waals surface area contributed by atoms with Crippen LogP contribution in [0.25, 0.3) is 11.4 Å². The Morgan fingerprint density at radius 3 is 2.66 bits per heavy atom. The largest absolute Gasteiger partial charge is 0.471 e. The van der Waals surface area contributed by atoms with Crippen LogP contribution in [0.3, 0.4) is 0 Å². The number of hydrogen-bond donors (Lipinski definition) is 2. The lowest BCUT2D eigenvalue weighted by atomic mass is 9.88. The Bertz CT molecular complexity index is 1130. The van der Waals surface area contributed by atoms with Crippen LogP contribution in [-0.4, -0.2) is 49.6 Å². The van der Waals surface area contributed by atoms with E-state index in [1.165, 1.54) is 6.07 Å². The molecule has 8 nitrogen and oxygen atoms in total. The lowest BCUT2D eigenvalue weighted by Crippen LogP contribution is -2.54. The molecule has 2 fully saturated rings. The highest BCUT2D eigenvalue weighted by Gasteiger charge is 2.41. The average Bonchev–Trinajstić information content (AvgIpc) is 3.53. The second-order valence-electron chi connectivity index (χ2n) is 9.86. The molecule has 0 spiro atoms. The number of hydrogen-bond acceptors (Lipinski definition) is 6. The van der Waals surface area contributed by atoms with Gasteiger partial charge in [0, 0.05) is 23.7 Å². The van der Waals surface area contributed by atoms with Gasteiger partial charge in [0.15, 0.2) is 0 Å². The molecule has 5 rings (SSSR count). The molecule has 2 aromatic rings. The van der Waals surface area contributed by atoms with E-state index in [2.05, 4.69) is 20.0 Å². The van der Waals surface area contributed by atoms with Gasteiger partial charge in [-0.1, -0.05) is 43.0 Å². The monoisotopic (exact) mass is 492 g/mol. The lowest BCUT2D eigenvalue weighted by molar-refractivity contribution is -0.159. The highest BCUT2D eigenvalue weighted by molar-refractivity contribution is 5.99. The average molecular weight is 492 g/mol. The molecule has 2 saturated carbocycles. The molecule has 0 radical (unpaired) electrons. The molecule has 2 aliphatic carbocycles. The Morgan fingerprint density at radius 2 is 1.94 bits per heavy atom. The Labute approximate surface area is 199 Å². The van der Waals surface area contributed by atoms with Crippen molar-refractivity contribution in [1.29, 1.82) is 0 Å². The van der Waals surface area contributed by atoms with Gasteiger partial charge in [-0.2, -0.15) is 18.2 Å². The fourth-order valence-electron chi connectivity index (χ4n) is 5.61. The van der Waals surface area contributed by atoms with Crippen molar-refractivity contribution >= 4 is 11.8 Å². The summed E-state index contributed by atoms with van der Waals surface area (Å²) >= 11 is 0. The number of nitrogens with zero attached hydrogens (tertiary/aromatic N) is 3. The van der Waals surface area contributed by atoms with Gasteiger partial charge in [0.1, 0.15) is 0 Å². The fraction of sp³-hybridized carbons (Fsp3) is 0.583. The maximum atomic E-state index is 13.3. The van der Waals surface area contributed by atoms with Gasteiger partial charge < -0.3 is 19.8 Å². The number of carbonyl (C=O) groups is 2. The minimum atomic E-state index is -4.75. The van der Waals surface area contributed by atoms with Gasteiger partial charge in [0.05, 0.1) is 18.1 Å². The SMILES string of the molecule is O=C(CC1(O)CCCC1)N[C@@H]1CCCC[C@H]1N1Cc2ccc(-c3noc(C(F)(F)F)n3)cc2C1=O. The van der Waals surface area contributed by atoms with E-state index in [0.29, 0.717) is 24.9 Å². The van der Waals surface area contributed by atoms with Crippen molar-refractivity contribution in [2.45, 2.75) is 88.2 Å². The van der Waals surface area contributed by atoms with Crippen LogP contribution in [0.5, 0.6) is 0 Å². The van der Waals surface area contributed by atoms with Gasteiger partial charge in [0.25, 0.3) is 5.91 Å². The van der Waals surface area contributed by atoms with Crippen molar-refractivity contribution < 1.29 is 32.4 Å². The first-order valence-electron chi connectivity index (χ1n) is 12.0. The minimum absolute atomic E-state index is 0.0678. The number of fused-ring (bicyclic) bond motifs is 1. The second kappa shape index (κ2) is 8.92. The molecule has 0 saturated heterocycles. The molecular weight excluding hydrogens is 465 g/mol. The number of carbonyl (C=O) groups excluding carboxylic acids is 2. The summed E-state index contributed by atoms with van der Waals surface area (Å²) in [5.41, 5.74) is 0.466. The number of halogens is 3. The molecule has 2 N–H and O–H groups in total. The highest BCUT2D eigenvalue weighted by Crippen LogP contribution is 2.35. The van der Waals surface area contributed by atoms with Crippen LogP contribution in [0, 0.1) is 0 Å². The van der Waals surface area contributed by atoms with E-state index in [0.717, 1.165) is 44.1 Å². The molecular formula is C24H27F3N4O4. The Morgan fingerprint density at radius 1 is 1.20 bits per heavy atom. The third-order valence-corrected chi connectivity index (χ3v) is 7.37. The smallest absolute Gasteiger partial charge is 0.389 e. The number of nitrogens with one attached hydrogen (secondary N) is 1. The Balaban J connectivity index is 1.31. The molecule has 0 unspecified atom stereocenters. The van der Waals surface area contributed by atoms with Crippen LogP contribution >= 0.6 is 0 Å². The summed E-state index contributed by atoms with van der Waals surface area (Å²) < 4.78 is 42.8. The third kappa shape index (κ3) is 4.78. The van der Waals surface area contributed by atoms with Crippen molar-refractivity contribution in [3.63, 3.8) is 0 Å². The molecule has 11 heteroatoms. The molecule has 0 bridgehead atoms. The highest BCUT2D eigenvalue weighted by atomic mass is 19.4. The van der Waals surface area contributed by atoms with Crippen molar-refractivity contribution in [3.8, 4) is 11.4 Å².